The van der Waals surface area contributed by atoms with Gasteiger partial charge in [-0.25, -0.2) is 0 Å². The van der Waals surface area contributed by atoms with E-state index in [0.29, 0.717) is 28.7 Å². The Kier molecular flexibility index (Phi) is 13.1. The summed E-state index contributed by atoms with van der Waals surface area (Å²) in [5.74, 6) is 3.14. The van der Waals surface area contributed by atoms with E-state index in [0.717, 1.165) is 84.7 Å². The molecule has 0 amide bonds. The smallest absolute Gasteiger partial charge is 0.165 e. The topological polar surface area (TPSA) is 106 Å². The Labute approximate surface area is 389 Å². The van der Waals surface area contributed by atoms with Crippen LogP contribution in [0.3, 0.4) is 0 Å². The molecule has 5 N–H and O–H groups in total. The first-order valence-corrected chi connectivity index (χ1v) is 22.6. The van der Waals surface area contributed by atoms with E-state index in [1.165, 1.54) is 0 Å². The second-order valence-corrected chi connectivity index (χ2v) is 22.4. The molecule has 0 aliphatic carbocycles. The summed E-state index contributed by atoms with van der Waals surface area (Å²) in [5, 5.41) is 19.1. The third-order valence-electron chi connectivity index (χ3n) is 12.1. The Balaban J connectivity index is 1.82. The molecule has 10 bridgehead atoms. The van der Waals surface area contributed by atoms with Crippen molar-refractivity contribution in [3.05, 3.63) is 88.5 Å². The molecule has 0 radical (unpaired) electrons. The highest BCUT2D eigenvalue weighted by atomic mass is 16.5. The molecule has 5 aromatic carbocycles. The summed E-state index contributed by atoms with van der Waals surface area (Å²) < 4.78 is 31.9. The standard InChI is InChI=1S/C55H75N5O5/c1-51(2,3)31-21-36-46(61-16)37(22-31)57-39-24-33(53(7,8)9)26-41(48(39)63-18)59-43-28-35(55(13,14)15)30-45(50(43)65-20)60-44-29-34(54(10,11)12)27-42(49(44)64-19)58-40-25-32(52(4,5)6)23-38(56-36)47(40)62-17/h21-30,56-60H,1-20H3. The lowest BCUT2D eigenvalue weighted by Gasteiger charge is -2.29. The minimum atomic E-state index is -0.228. The van der Waals surface area contributed by atoms with E-state index in [1.54, 1.807) is 35.5 Å². The number of benzene rings is 5. The van der Waals surface area contributed by atoms with E-state index in [9.17, 15) is 0 Å². The third-order valence-corrected chi connectivity index (χ3v) is 12.1. The zero-order valence-corrected chi connectivity index (χ0v) is 42.8. The van der Waals surface area contributed by atoms with Gasteiger partial charge in [0.05, 0.1) is 92.4 Å². The van der Waals surface area contributed by atoms with Crippen molar-refractivity contribution in [3.63, 3.8) is 0 Å². The van der Waals surface area contributed by atoms with Crippen LogP contribution in [0.2, 0.25) is 0 Å². The van der Waals surface area contributed by atoms with E-state index < -0.39 is 0 Å². The minimum absolute atomic E-state index is 0.228. The molecule has 1 heterocycles. The third kappa shape index (κ3) is 10.2. The Bertz CT molecular complexity index is 2050. The summed E-state index contributed by atoms with van der Waals surface area (Å²) in [4.78, 5) is 0. The Hall–Kier alpha value is -5.90. The van der Waals surface area contributed by atoms with Gasteiger partial charge in [-0.05, 0) is 116 Å². The molecule has 0 aromatic heterocycles. The molecule has 10 heteroatoms. The lowest BCUT2D eigenvalue weighted by molar-refractivity contribution is 0.413. The minimum Gasteiger partial charge on any atom is -0.492 e. The van der Waals surface area contributed by atoms with E-state index in [-0.39, 0.29) is 27.1 Å². The van der Waals surface area contributed by atoms with Gasteiger partial charge in [-0.1, -0.05) is 104 Å². The molecule has 6 rings (SSSR count). The highest BCUT2D eigenvalue weighted by Gasteiger charge is 2.29. The van der Waals surface area contributed by atoms with E-state index in [1.807, 2.05) is 0 Å². The first-order chi connectivity index (χ1) is 30.1. The summed E-state index contributed by atoms with van der Waals surface area (Å²) in [5.41, 5.74) is 12.0. The molecule has 0 fully saturated rings. The maximum absolute atomic E-state index is 6.37. The molecular formula is C55H75N5O5. The van der Waals surface area contributed by atoms with Crippen LogP contribution in [0.5, 0.6) is 28.7 Å². The number of methoxy groups -OCH3 is 5. The van der Waals surface area contributed by atoms with Gasteiger partial charge in [0.2, 0.25) is 0 Å². The Morgan fingerprint density at radius 2 is 0.338 bits per heavy atom. The van der Waals surface area contributed by atoms with Gasteiger partial charge < -0.3 is 50.3 Å². The van der Waals surface area contributed by atoms with Crippen molar-refractivity contribution in [2.45, 2.75) is 131 Å². The predicted octanol–water partition coefficient (Wildman–Crippen LogP) is 15.2. The SMILES string of the molecule is COc1c2cc(C(C)(C)C)cc1Nc1cc(C(C)(C)C)cc(c1OC)Nc1cc(C(C)(C)C)cc(c1OC)Nc1cc(C(C)(C)C)cc(c1OC)Nc1cc(C(C)(C)C)cc(c1OC)N2. The molecule has 0 saturated carbocycles. The normalized spacial score (nSPS) is 13.2. The molecule has 0 spiro atoms. The first kappa shape index (κ1) is 48.6. The summed E-state index contributed by atoms with van der Waals surface area (Å²) in [6.07, 6.45) is 0. The number of fused-ring (bicyclic) bond motifs is 10. The summed E-state index contributed by atoms with van der Waals surface area (Å²) in [7, 11) is 8.54. The van der Waals surface area contributed by atoms with Crippen LogP contribution in [-0.4, -0.2) is 35.5 Å². The molecule has 0 saturated heterocycles. The molecule has 65 heavy (non-hydrogen) atoms. The number of nitrogens with one attached hydrogen (secondary N) is 5. The largest absolute Gasteiger partial charge is 0.492 e. The van der Waals surface area contributed by atoms with Crippen LogP contribution < -0.4 is 50.3 Å². The van der Waals surface area contributed by atoms with Gasteiger partial charge in [0.1, 0.15) is 0 Å². The average Bonchev–Trinajstić information content (AvgIpc) is 3.18. The number of rotatable bonds is 5. The highest BCUT2D eigenvalue weighted by molar-refractivity contribution is 5.91. The summed E-state index contributed by atoms with van der Waals surface area (Å²) in [6.45, 7) is 33.2. The van der Waals surface area contributed by atoms with Gasteiger partial charge in [-0.15, -0.1) is 0 Å². The van der Waals surface area contributed by atoms with Gasteiger partial charge >= 0.3 is 0 Å². The molecule has 10 nitrogen and oxygen atoms in total. The van der Waals surface area contributed by atoms with Gasteiger partial charge in [0, 0.05) is 0 Å². The number of hydrogen-bond donors (Lipinski definition) is 5. The van der Waals surface area contributed by atoms with Crippen molar-refractivity contribution >= 4 is 56.9 Å². The van der Waals surface area contributed by atoms with Crippen molar-refractivity contribution in [2.75, 3.05) is 62.1 Å². The lowest BCUT2D eigenvalue weighted by Crippen LogP contribution is -2.16. The molecule has 1 aliphatic rings. The van der Waals surface area contributed by atoms with Crippen LogP contribution in [0.25, 0.3) is 0 Å². The van der Waals surface area contributed by atoms with Crippen LogP contribution in [0, 0.1) is 0 Å². The van der Waals surface area contributed by atoms with E-state index in [4.69, 9.17) is 23.7 Å². The summed E-state index contributed by atoms with van der Waals surface area (Å²) >= 11 is 0. The fourth-order valence-electron chi connectivity index (χ4n) is 8.06. The predicted molar refractivity (Wildman–Crippen MR) is 275 cm³/mol. The Morgan fingerprint density at radius 3 is 0.415 bits per heavy atom. The second-order valence-electron chi connectivity index (χ2n) is 22.4. The summed E-state index contributed by atoms with van der Waals surface area (Å²) in [6, 6.07) is 21.7. The van der Waals surface area contributed by atoms with Crippen LogP contribution in [0.4, 0.5) is 56.9 Å². The van der Waals surface area contributed by atoms with Gasteiger partial charge in [0.15, 0.2) is 28.7 Å². The van der Waals surface area contributed by atoms with Crippen molar-refractivity contribution in [2.24, 2.45) is 0 Å². The van der Waals surface area contributed by atoms with E-state index in [2.05, 4.69) is 191 Å². The second kappa shape index (κ2) is 17.5. The van der Waals surface area contributed by atoms with Crippen molar-refractivity contribution in [1.82, 2.24) is 0 Å². The zero-order chi connectivity index (χ0) is 48.2. The lowest BCUT2D eigenvalue weighted by atomic mass is 9.85. The molecule has 350 valence electrons. The Morgan fingerprint density at radius 1 is 0.231 bits per heavy atom. The molecular weight excluding hydrogens is 811 g/mol. The zero-order valence-electron chi connectivity index (χ0n) is 42.8. The van der Waals surface area contributed by atoms with Gasteiger partial charge in [-0.3, -0.25) is 0 Å². The van der Waals surface area contributed by atoms with Crippen LogP contribution >= 0.6 is 0 Å². The quantitative estimate of drug-likeness (QED) is 0.115. The number of anilines is 10. The van der Waals surface area contributed by atoms with Crippen LogP contribution in [0.15, 0.2) is 60.7 Å². The van der Waals surface area contributed by atoms with Crippen molar-refractivity contribution in [3.8, 4) is 28.7 Å². The van der Waals surface area contributed by atoms with Crippen LogP contribution in [-0.2, 0) is 27.1 Å². The van der Waals surface area contributed by atoms with Crippen LogP contribution in [0.1, 0.15) is 132 Å². The number of hydrogen-bond acceptors (Lipinski definition) is 10. The fourth-order valence-corrected chi connectivity index (χ4v) is 8.06. The average molecular weight is 886 g/mol. The van der Waals surface area contributed by atoms with Crippen molar-refractivity contribution < 1.29 is 23.7 Å². The van der Waals surface area contributed by atoms with E-state index >= 15 is 0 Å². The maximum Gasteiger partial charge on any atom is 0.165 e. The van der Waals surface area contributed by atoms with Gasteiger partial charge in [-0.2, -0.15) is 0 Å². The fraction of sp³-hybridized carbons (Fsp3) is 0.455. The molecule has 0 atom stereocenters. The van der Waals surface area contributed by atoms with Gasteiger partial charge in [0.25, 0.3) is 0 Å². The number of ether oxygens (including phenoxy) is 5. The molecule has 0 unspecified atom stereocenters. The molecule has 1 aliphatic heterocycles. The highest BCUT2D eigenvalue weighted by Crippen LogP contribution is 2.51. The maximum atomic E-state index is 6.37. The van der Waals surface area contributed by atoms with Crippen molar-refractivity contribution in [1.29, 1.82) is 0 Å². The molecule has 5 aromatic rings. The first-order valence-electron chi connectivity index (χ1n) is 22.6. The monoisotopic (exact) mass is 886 g/mol.